The quantitative estimate of drug-likeness (QED) is 0.588. The first-order valence-electron chi connectivity index (χ1n) is 10.7. The van der Waals surface area contributed by atoms with Crippen molar-refractivity contribution >= 4 is 17.6 Å². The fourth-order valence-corrected chi connectivity index (χ4v) is 4.57. The second kappa shape index (κ2) is 7.49. The lowest BCUT2D eigenvalue weighted by molar-refractivity contribution is -0.125. The number of amides is 3. The highest BCUT2D eigenvalue weighted by molar-refractivity contribution is 5.92. The summed E-state index contributed by atoms with van der Waals surface area (Å²) in [6, 6.07) is 3.17. The SMILES string of the molecule is CC(C)n1nccc1C(=O)NCc1cn2ncc(CN3CC4(CC(F)(F)C4)NC3=O)cc2n1. The van der Waals surface area contributed by atoms with Gasteiger partial charge in [0.15, 0.2) is 5.65 Å². The molecule has 174 valence electrons. The predicted octanol–water partition coefficient (Wildman–Crippen LogP) is 2.13. The molecule has 3 aromatic rings. The Morgan fingerprint density at radius 3 is 2.82 bits per heavy atom. The largest absolute Gasteiger partial charge is 0.345 e. The smallest absolute Gasteiger partial charge is 0.318 e. The van der Waals surface area contributed by atoms with Crippen molar-refractivity contribution in [2.24, 2.45) is 0 Å². The van der Waals surface area contributed by atoms with E-state index in [2.05, 4.69) is 25.8 Å². The first-order valence-corrected chi connectivity index (χ1v) is 10.7. The maximum Gasteiger partial charge on any atom is 0.318 e. The zero-order chi connectivity index (χ0) is 23.4. The third kappa shape index (κ3) is 4.00. The number of hydrogen-bond acceptors (Lipinski definition) is 5. The molecule has 0 aromatic carbocycles. The highest BCUT2D eigenvalue weighted by Crippen LogP contribution is 2.47. The van der Waals surface area contributed by atoms with Gasteiger partial charge < -0.3 is 15.5 Å². The molecule has 0 unspecified atom stereocenters. The lowest BCUT2D eigenvalue weighted by Gasteiger charge is -2.43. The molecular weight excluding hydrogens is 434 g/mol. The summed E-state index contributed by atoms with van der Waals surface area (Å²) in [7, 11) is 0. The average Bonchev–Trinajstić information content (AvgIpc) is 3.42. The molecule has 4 heterocycles. The molecule has 3 amide bonds. The van der Waals surface area contributed by atoms with Crippen molar-refractivity contribution in [2.45, 2.75) is 57.3 Å². The molecule has 1 aliphatic carbocycles. The Morgan fingerprint density at radius 2 is 2.09 bits per heavy atom. The van der Waals surface area contributed by atoms with E-state index in [4.69, 9.17) is 0 Å². The third-order valence-corrected chi connectivity index (χ3v) is 5.97. The summed E-state index contributed by atoms with van der Waals surface area (Å²) >= 11 is 0. The van der Waals surface area contributed by atoms with Crippen molar-refractivity contribution in [3.8, 4) is 0 Å². The van der Waals surface area contributed by atoms with Crippen LogP contribution in [0.25, 0.3) is 5.65 Å². The maximum absolute atomic E-state index is 13.3. The van der Waals surface area contributed by atoms with E-state index >= 15 is 0 Å². The number of rotatable bonds is 6. The molecule has 2 N–H and O–H groups in total. The monoisotopic (exact) mass is 458 g/mol. The van der Waals surface area contributed by atoms with Crippen molar-refractivity contribution in [1.82, 2.24) is 39.9 Å². The molecule has 5 rings (SSSR count). The number of nitrogens with one attached hydrogen (secondary N) is 2. The summed E-state index contributed by atoms with van der Waals surface area (Å²) in [6.45, 7) is 4.60. The van der Waals surface area contributed by atoms with Gasteiger partial charge in [-0.15, -0.1) is 0 Å². The first kappa shape index (κ1) is 21.3. The molecule has 0 bridgehead atoms. The van der Waals surface area contributed by atoms with Crippen LogP contribution in [0.3, 0.4) is 0 Å². The average molecular weight is 458 g/mol. The van der Waals surface area contributed by atoms with Crippen molar-refractivity contribution in [3.63, 3.8) is 0 Å². The van der Waals surface area contributed by atoms with Gasteiger partial charge in [-0.25, -0.2) is 23.1 Å². The Labute approximate surface area is 188 Å². The van der Waals surface area contributed by atoms with Crippen LogP contribution in [0.4, 0.5) is 13.6 Å². The Bertz CT molecular complexity index is 1230. The molecule has 10 nitrogen and oxygen atoms in total. The molecule has 2 aliphatic rings. The predicted molar refractivity (Wildman–Crippen MR) is 113 cm³/mol. The molecule has 1 spiro atoms. The Morgan fingerprint density at radius 1 is 1.30 bits per heavy atom. The van der Waals surface area contributed by atoms with Crippen LogP contribution in [0.15, 0.2) is 30.7 Å². The van der Waals surface area contributed by atoms with Crippen LogP contribution in [0, 0.1) is 0 Å². The molecule has 0 atom stereocenters. The minimum atomic E-state index is -2.71. The third-order valence-electron chi connectivity index (χ3n) is 5.97. The first-order chi connectivity index (χ1) is 15.6. The van der Waals surface area contributed by atoms with Crippen molar-refractivity contribution in [3.05, 3.63) is 47.7 Å². The topological polar surface area (TPSA) is 109 Å². The molecule has 33 heavy (non-hydrogen) atoms. The van der Waals surface area contributed by atoms with Crippen LogP contribution in [0.1, 0.15) is 54.5 Å². The van der Waals surface area contributed by atoms with E-state index in [1.165, 1.54) is 4.90 Å². The Hall–Kier alpha value is -3.57. The van der Waals surface area contributed by atoms with Gasteiger partial charge in [0.05, 0.1) is 30.2 Å². The number of halogens is 2. The molecule has 1 aliphatic heterocycles. The summed E-state index contributed by atoms with van der Waals surface area (Å²) in [5.74, 6) is -2.96. The van der Waals surface area contributed by atoms with E-state index < -0.39 is 11.5 Å². The molecule has 1 saturated heterocycles. The highest BCUT2D eigenvalue weighted by Gasteiger charge is 2.61. The van der Waals surface area contributed by atoms with Gasteiger partial charge in [0.2, 0.25) is 0 Å². The normalized spacial score (nSPS) is 18.7. The van der Waals surface area contributed by atoms with E-state index in [-0.39, 0.29) is 50.5 Å². The number of fused-ring (bicyclic) bond motifs is 1. The number of carbonyl (C=O) groups is 2. The van der Waals surface area contributed by atoms with Gasteiger partial charge in [-0.2, -0.15) is 10.2 Å². The van der Waals surface area contributed by atoms with E-state index in [0.29, 0.717) is 17.0 Å². The van der Waals surface area contributed by atoms with Gasteiger partial charge in [-0.3, -0.25) is 9.48 Å². The van der Waals surface area contributed by atoms with E-state index in [9.17, 15) is 18.4 Å². The lowest BCUT2D eigenvalue weighted by Crippen LogP contribution is -2.60. The Kier molecular flexibility index (Phi) is 4.83. The Balaban J connectivity index is 1.23. The molecule has 2 fully saturated rings. The zero-order valence-electron chi connectivity index (χ0n) is 18.3. The highest BCUT2D eigenvalue weighted by atomic mass is 19.3. The summed E-state index contributed by atoms with van der Waals surface area (Å²) in [6.07, 6.45) is 4.27. The summed E-state index contributed by atoms with van der Waals surface area (Å²) in [5, 5.41) is 14.0. The van der Waals surface area contributed by atoms with Gasteiger partial charge >= 0.3 is 6.03 Å². The van der Waals surface area contributed by atoms with Crippen LogP contribution in [-0.4, -0.2) is 59.2 Å². The van der Waals surface area contributed by atoms with Crippen LogP contribution in [-0.2, 0) is 13.1 Å². The number of hydrogen-bond donors (Lipinski definition) is 2. The van der Waals surface area contributed by atoms with Crippen molar-refractivity contribution in [2.75, 3.05) is 6.54 Å². The number of imidazole rings is 1. The maximum atomic E-state index is 13.3. The van der Waals surface area contributed by atoms with E-state index in [1.54, 1.807) is 39.9 Å². The fourth-order valence-electron chi connectivity index (χ4n) is 4.57. The summed E-state index contributed by atoms with van der Waals surface area (Å²) < 4.78 is 29.9. The van der Waals surface area contributed by atoms with Crippen LogP contribution in [0.5, 0.6) is 0 Å². The minimum absolute atomic E-state index is 0.0620. The van der Waals surface area contributed by atoms with E-state index in [1.807, 2.05) is 13.8 Å². The molecule has 3 aromatic heterocycles. The summed E-state index contributed by atoms with van der Waals surface area (Å²) in [4.78, 5) is 30.8. The van der Waals surface area contributed by atoms with Gasteiger partial charge in [0, 0.05) is 38.2 Å². The van der Waals surface area contributed by atoms with Crippen molar-refractivity contribution in [1.29, 1.82) is 0 Å². The molecule has 1 saturated carbocycles. The molecular formula is C21H24F2N8O2. The van der Waals surface area contributed by atoms with Crippen LogP contribution in [0.2, 0.25) is 0 Å². The number of aromatic nitrogens is 5. The number of carbonyl (C=O) groups excluding carboxylic acids is 2. The van der Waals surface area contributed by atoms with Gasteiger partial charge in [-0.1, -0.05) is 0 Å². The number of urea groups is 1. The fraction of sp³-hybridized carbons (Fsp3) is 0.476. The van der Waals surface area contributed by atoms with Crippen LogP contribution >= 0.6 is 0 Å². The molecule has 0 radical (unpaired) electrons. The second-order valence-corrected chi connectivity index (χ2v) is 9.11. The zero-order valence-corrected chi connectivity index (χ0v) is 18.3. The van der Waals surface area contributed by atoms with Crippen molar-refractivity contribution < 1.29 is 18.4 Å². The summed E-state index contributed by atoms with van der Waals surface area (Å²) in [5.41, 5.74) is 1.57. The molecule has 12 heteroatoms. The standard InChI is InChI=1S/C21H24F2N8O2/c1-13(2)31-16(3-4-25-31)18(32)24-7-15-9-30-17(27-15)5-14(6-26-30)8-29-12-20(28-19(29)33)10-21(22,23)11-20/h3-6,9,13H,7-8,10-12H2,1-2H3,(H,24,32)(H,28,33). The minimum Gasteiger partial charge on any atom is -0.345 e. The van der Waals surface area contributed by atoms with Crippen LogP contribution < -0.4 is 10.6 Å². The second-order valence-electron chi connectivity index (χ2n) is 9.11. The van der Waals surface area contributed by atoms with Gasteiger partial charge in [-0.05, 0) is 31.5 Å². The van der Waals surface area contributed by atoms with Gasteiger partial charge in [0.1, 0.15) is 5.69 Å². The van der Waals surface area contributed by atoms with E-state index in [0.717, 1.165) is 5.56 Å². The van der Waals surface area contributed by atoms with Gasteiger partial charge in [0.25, 0.3) is 11.8 Å². The number of nitrogens with zero attached hydrogens (tertiary/aromatic N) is 6. The number of alkyl halides is 2. The lowest BCUT2D eigenvalue weighted by atomic mass is 9.74.